The smallest absolute Gasteiger partial charge is 0.317 e. The van der Waals surface area contributed by atoms with Crippen molar-refractivity contribution < 1.29 is 9.53 Å². The molecular weight excluding hydrogens is 336 g/mol. The standard InChI is InChI=1S/C18H24N4O2S/c1-13-20-21-17(25-13)15-4-3-11-22(12-15)18(23)19-10-9-14-5-7-16(24-2)8-6-14/h5-8,15H,3-4,9-12H2,1-2H3,(H,19,23). The summed E-state index contributed by atoms with van der Waals surface area (Å²) in [7, 11) is 1.66. The zero-order valence-corrected chi connectivity index (χ0v) is 15.5. The Balaban J connectivity index is 1.47. The SMILES string of the molecule is COc1ccc(CCNC(=O)N2CCCC(c3nnc(C)s3)C2)cc1. The normalized spacial score (nSPS) is 17.4. The third kappa shape index (κ3) is 4.69. The molecule has 0 spiro atoms. The zero-order chi connectivity index (χ0) is 17.6. The van der Waals surface area contributed by atoms with Crippen molar-refractivity contribution in [2.45, 2.75) is 32.1 Å². The fourth-order valence-corrected chi connectivity index (χ4v) is 3.88. The van der Waals surface area contributed by atoms with Crippen LogP contribution >= 0.6 is 11.3 Å². The molecule has 7 heteroatoms. The third-order valence-corrected chi connectivity index (χ3v) is 5.45. The summed E-state index contributed by atoms with van der Waals surface area (Å²) >= 11 is 1.64. The molecule has 1 aliphatic heterocycles. The van der Waals surface area contributed by atoms with Gasteiger partial charge in [0.15, 0.2) is 0 Å². The summed E-state index contributed by atoms with van der Waals surface area (Å²) in [6.45, 7) is 4.13. The molecule has 1 N–H and O–H groups in total. The van der Waals surface area contributed by atoms with E-state index in [4.69, 9.17) is 4.74 Å². The van der Waals surface area contributed by atoms with Crippen LogP contribution in [0.15, 0.2) is 24.3 Å². The van der Waals surface area contributed by atoms with Crippen LogP contribution in [0.1, 0.15) is 34.3 Å². The van der Waals surface area contributed by atoms with E-state index in [0.29, 0.717) is 12.5 Å². The van der Waals surface area contributed by atoms with Crippen molar-refractivity contribution >= 4 is 17.4 Å². The van der Waals surface area contributed by atoms with Crippen molar-refractivity contribution in [1.29, 1.82) is 0 Å². The topological polar surface area (TPSA) is 67.3 Å². The molecule has 6 nitrogen and oxygen atoms in total. The second kappa shape index (κ2) is 8.29. The summed E-state index contributed by atoms with van der Waals surface area (Å²) in [5, 5.41) is 13.4. The first-order valence-electron chi connectivity index (χ1n) is 8.61. The van der Waals surface area contributed by atoms with E-state index in [-0.39, 0.29) is 6.03 Å². The Kier molecular flexibility index (Phi) is 5.86. The number of likely N-dealkylation sites (tertiary alicyclic amines) is 1. The van der Waals surface area contributed by atoms with Gasteiger partial charge in [0.1, 0.15) is 15.8 Å². The minimum Gasteiger partial charge on any atom is -0.497 e. The largest absolute Gasteiger partial charge is 0.497 e. The number of hydrogen-bond acceptors (Lipinski definition) is 5. The average Bonchev–Trinajstić information content (AvgIpc) is 3.09. The zero-order valence-electron chi connectivity index (χ0n) is 14.7. The van der Waals surface area contributed by atoms with Gasteiger partial charge in [-0.05, 0) is 43.9 Å². The Morgan fingerprint density at radius 2 is 2.16 bits per heavy atom. The fraction of sp³-hybridized carbons (Fsp3) is 0.500. The van der Waals surface area contributed by atoms with Gasteiger partial charge >= 0.3 is 6.03 Å². The monoisotopic (exact) mass is 360 g/mol. The van der Waals surface area contributed by atoms with E-state index in [1.807, 2.05) is 36.1 Å². The lowest BCUT2D eigenvalue weighted by Gasteiger charge is -2.31. The number of piperidine rings is 1. The lowest BCUT2D eigenvalue weighted by atomic mass is 9.99. The molecule has 1 atom stereocenters. The average molecular weight is 360 g/mol. The number of urea groups is 1. The highest BCUT2D eigenvalue weighted by Gasteiger charge is 2.26. The number of aromatic nitrogens is 2. The van der Waals surface area contributed by atoms with E-state index < -0.39 is 0 Å². The summed E-state index contributed by atoms with van der Waals surface area (Å²) in [6, 6.07) is 7.95. The minimum absolute atomic E-state index is 0.0134. The Hall–Kier alpha value is -2.15. The number of amides is 2. The highest BCUT2D eigenvalue weighted by molar-refractivity contribution is 7.11. The summed E-state index contributed by atoms with van der Waals surface area (Å²) in [6.07, 6.45) is 2.89. The van der Waals surface area contributed by atoms with Crippen LogP contribution in [0, 0.1) is 6.92 Å². The Labute approximate surface area is 152 Å². The molecule has 134 valence electrons. The molecule has 3 rings (SSSR count). The van der Waals surface area contributed by atoms with E-state index in [2.05, 4.69) is 15.5 Å². The minimum atomic E-state index is 0.0134. The maximum Gasteiger partial charge on any atom is 0.317 e. The first-order chi connectivity index (χ1) is 12.2. The van der Waals surface area contributed by atoms with Crippen LogP contribution in [-0.4, -0.2) is 47.9 Å². The highest BCUT2D eigenvalue weighted by atomic mass is 32.1. The van der Waals surface area contributed by atoms with Gasteiger partial charge in [0.25, 0.3) is 0 Å². The number of hydrogen-bond donors (Lipinski definition) is 1. The van der Waals surface area contributed by atoms with E-state index in [1.54, 1.807) is 18.4 Å². The molecule has 0 radical (unpaired) electrons. The molecule has 1 unspecified atom stereocenters. The molecule has 1 aromatic heterocycles. The lowest BCUT2D eigenvalue weighted by molar-refractivity contribution is 0.179. The number of carbonyl (C=O) groups excluding carboxylic acids is 1. The molecule has 1 fully saturated rings. The molecule has 1 aliphatic rings. The van der Waals surface area contributed by atoms with Gasteiger partial charge in [-0.15, -0.1) is 21.5 Å². The Bertz CT molecular complexity index is 701. The number of aryl methyl sites for hydroxylation is 1. The maximum atomic E-state index is 12.4. The fourth-order valence-electron chi connectivity index (χ4n) is 3.06. The molecule has 2 heterocycles. The first-order valence-corrected chi connectivity index (χ1v) is 9.43. The number of nitrogens with one attached hydrogen (secondary N) is 1. The van der Waals surface area contributed by atoms with E-state index >= 15 is 0 Å². The molecule has 1 aromatic carbocycles. The van der Waals surface area contributed by atoms with Crippen molar-refractivity contribution in [1.82, 2.24) is 20.4 Å². The summed E-state index contributed by atoms with van der Waals surface area (Å²) in [5.74, 6) is 1.16. The second-order valence-corrected chi connectivity index (χ2v) is 7.49. The van der Waals surface area contributed by atoms with Crippen molar-refractivity contribution in [3.05, 3.63) is 39.8 Å². The van der Waals surface area contributed by atoms with Crippen LogP contribution in [-0.2, 0) is 6.42 Å². The van der Waals surface area contributed by atoms with Gasteiger partial charge in [-0.2, -0.15) is 0 Å². The summed E-state index contributed by atoms with van der Waals surface area (Å²) in [5.41, 5.74) is 1.18. The van der Waals surface area contributed by atoms with Crippen LogP contribution in [0.4, 0.5) is 4.79 Å². The summed E-state index contributed by atoms with van der Waals surface area (Å²) in [4.78, 5) is 14.3. The highest BCUT2D eigenvalue weighted by Crippen LogP contribution is 2.28. The molecule has 0 saturated carbocycles. The van der Waals surface area contributed by atoms with Gasteiger partial charge < -0.3 is 15.0 Å². The van der Waals surface area contributed by atoms with Gasteiger partial charge in [0.05, 0.1) is 7.11 Å². The number of rotatable bonds is 5. The lowest BCUT2D eigenvalue weighted by Crippen LogP contribution is -2.45. The number of nitrogens with zero attached hydrogens (tertiary/aromatic N) is 3. The maximum absolute atomic E-state index is 12.4. The van der Waals surface area contributed by atoms with Crippen molar-refractivity contribution in [2.75, 3.05) is 26.7 Å². The Morgan fingerprint density at radius 1 is 1.36 bits per heavy atom. The molecule has 0 bridgehead atoms. The van der Waals surface area contributed by atoms with E-state index in [1.165, 1.54) is 5.56 Å². The Morgan fingerprint density at radius 3 is 2.84 bits per heavy atom. The van der Waals surface area contributed by atoms with E-state index in [9.17, 15) is 4.79 Å². The molecule has 2 amide bonds. The van der Waals surface area contributed by atoms with Crippen LogP contribution in [0.25, 0.3) is 0 Å². The van der Waals surface area contributed by atoms with Gasteiger partial charge in [0.2, 0.25) is 0 Å². The van der Waals surface area contributed by atoms with Gasteiger partial charge in [-0.3, -0.25) is 0 Å². The third-order valence-electron chi connectivity index (χ3n) is 4.45. The van der Waals surface area contributed by atoms with Gasteiger partial charge in [-0.25, -0.2) is 4.79 Å². The second-order valence-electron chi connectivity index (χ2n) is 6.27. The summed E-state index contributed by atoms with van der Waals surface area (Å²) < 4.78 is 5.15. The predicted octanol–water partition coefficient (Wildman–Crippen LogP) is 2.99. The number of carbonyl (C=O) groups is 1. The molecule has 0 aliphatic carbocycles. The quantitative estimate of drug-likeness (QED) is 0.890. The molecule has 25 heavy (non-hydrogen) atoms. The number of ether oxygens (including phenoxy) is 1. The van der Waals surface area contributed by atoms with E-state index in [0.717, 1.165) is 48.1 Å². The number of benzene rings is 1. The van der Waals surface area contributed by atoms with Crippen LogP contribution in [0.3, 0.4) is 0 Å². The van der Waals surface area contributed by atoms with Crippen LogP contribution in [0.2, 0.25) is 0 Å². The van der Waals surface area contributed by atoms with Crippen LogP contribution < -0.4 is 10.1 Å². The first kappa shape index (κ1) is 17.7. The molecule has 2 aromatic rings. The van der Waals surface area contributed by atoms with Crippen molar-refractivity contribution in [3.63, 3.8) is 0 Å². The molecule has 1 saturated heterocycles. The predicted molar refractivity (Wildman–Crippen MR) is 98.3 cm³/mol. The van der Waals surface area contributed by atoms with Gasteiger partial charge in [0, 0.05) is 25.6 Å². The van der Waals surface area contributed by atoms with Crippen LogP contribution in [0.5, 0.6) is 5.75 Å². The van der Waals surface area contributed by atoms with Gasteiger partial charge in [-0.1, -0.05) is 12.1 Å². The van der Waals surface area contributed by atoms with Crippen molar-refractivity contribution in [2.24, 2.45) is 0 Å². The number of methoxy groups -OCH3 is 1. The molecular formula is C18H24N4O2S. The van der Waals surface area contributed by atoms with Crippen molar-refractivity contribution in [3.8, 4) is 5.75 Å².